The number of aromatic nitrogens is 3. The zero-order chi connectivity index (χ0) is 21.3. The van der Waals surface area contributed by atoms with E-state index in [2.05, 4.69) is 21.5 Å². The molecular formula is C21H21N5O4. The van der Waals surface area contributed by atoms with Gasteiger partial charge in [0.15, 0.2) is 11.5 Å². The van der Waals surface area contributed by atoms with E-state index in [0.29, 0.717) is 47.1 Å². The van der Waals surface area contributed by atoms with Crippen molar-refractivity contribution in [3.63, 3.8) is 0 Å². The molecule has 30 heavy (non-hydrogen) atoms. The first-order valence-electron chi connectivity index (χ1n) is 9.48. The molecule has 0 radical (unpaired) electrons. The van der Waals surface area contributed by atoms with Crippen LogP contribution in [0, 0.1) is 17.2 Å². The molecule has 3 aromatic rings. The number of hydrogen-bond donors (Lipinski definition) is 1. The van der Waals surface area contributed by atoms with E-state index in [1.54, 1.807) is 31.0 Å². The summed E-state index contributed by atoms with van der Waals surface area (Å²) in [6.07, 6.45) is 3.34. The lowest BCUT2D eigenvalue weighted by molar-refractivity contribution is -0.119. The van der Waals surface area contributed by atoms with Crippen LogP contribution in [0.3, 0.4) is 0 Å². The van der Waals surface area contributed by atoms with Crippen LogP contribution in [-0.2, 0) is 4.79 Å². The van der Waals surface area contributed by atoms with Gasteiger partial charge in [-0.15, -0.1) is 0 Å². The molecule has 1 saturated heterocycles. The standard InChI is InChI=1S/C21H21N5O4/c1-12(14-7-19(27)23-9-14)30-21-20-15(8-22)10-24-26(20)11-16(25-21)13-4-5-17(28-2)18(6-13)29-3/h4-6,10-12,14H,7,9H2,1-3H3,(H,23,27)/t12-,14?/m1/s1. The average Bonchev–Trinajstić information content (AvgIpc) is 3.39. The van der Waals surface area contributed by atoms with Crippen molar-refractivity contribution in [1.82, 2.24) is 19.9 Å². The maximum atomic E-state index is 11.6. The summed E-state index contributed by atoms with van der Waals surface area (Å²) < 4.78 is 18.4. The average molecular weight is 407 g/mol. The van der Waals surface area contributed by atoms with Crippen LogP contribution >= 0.6 is 0 Å². The van der Waals surface area contributed by atoms with Gasteiger partial charge in [0.1, 0.15) is 23.3 Å². The molecule has 1 aliphatic heterocycles. The number of benzene rings is 1. The van der Waals surface area contributed by atoms with E-state index in [-0.39, 0.29) is 17.9 Å². The Morgan fingerprint density at radius 3 is 2.77 bits per heavy atom. The third kappa shape index (κ3) is 3.48. The second-order valence-corrected chi connectivity index (χ2v) is 7.06. The van der Waals surface area contributed by atoms with Crippen LogP contribution in [0.2, 0.25) is 0 Å². The van der Waals surface area contributed by atoms with Gasteiger partial charge in [-0.25, -0.2) is 9.50 Å². The normalized spacial score (nSPS) is 16.7. The number of methoxy groups -OCH3 is 2. The molecule has 1 amide bonds. The van der Waals surface area contributed by atoms with Gasteiger partial charge in [-0.3, -0.25) is 4.79 Å². The number of carbonyl (C=O) groups is 1. The smallest absolute Gasteiger partial charge is 0.242 e. The van der Waals surface area contributed by atoms with Gasteiger partial charge in [0, 0.05) is 24.4 Å². The Morgan fingerprint density at radius 1 is 1.30 bits per heavy atom. The van der Waals surface area contributed by atoms with Crippen LogP contribution in [0.1, 0.15) is 18.9 Å². The maximum Gasteiger partial charge on any atom is 0.242 e. The lowest BCUT2D eigenvalue weighted by atomic mass is 10.0. The lowest BCUT2D eigenvalue weighted by Gasteiger charge is -2.20. The van der Waals surface area contributed by atoms with Gasteiger partial charge in [0.2, 0.25) is 11.8 Å². The van der Waals surface area contributed by atoms with Crippen LogP contribution in [0.5, 0.6) is 17.4 Å². The highest BCUT2D eigenvalue weighted by Crippen LogP contribution is 2.34. The summed E-state index contributed by atoms with van der Waals surface area (Å²) in [5.74, 6) is 1.51. The van der Waals surface area contributed by atoms with Gasteiger partial charge in [0.25, 0.3) is 0 Å². The number of amides is 1. The quantitative estimate of drug-likeness (QED) is 0.667. The molecule has 2 aromatic heterocycles. The molecule has 1 aliphatic rings. The summed E-state index contributed by atoms with van der Waals surface area (Å²) in [7, 11) is 3.14. The van der Waals surface area contributed by atoms with Crippen LogP contribution in [0.4, 0.5) is 0 Å². The predicted molar refractivity (Wildman–Crippen MR) is 107 cm³/mol. The molecule has 3 heterocycles. The fourth-order valence-electron chi connectivity index (χ4n) is 3.51. The molecule has 2 atom stereocenters. The fraction of sp³-hybridized carbons (Fsp3) is 0.333. The Balaban J connectivity index is 1.77. The minimum absolute atomic E-state index is 0.00898. The van der Waals surface area contributed by atoms with E-state index in [1.807, 2.05) is 19.1 Å². The van der Waals surface area contributed by atoms with Gasteiger partial charge >= 0.3 is 0 Å². The molecule has 0 spiro atoms. The van der Waals surface area contributed by atoms with E-state index in [9.17, 15) is 10.1 Å². The Morgan fingerprint density at radius 2 is 2.10 bits per heavy atom. The first kappa shape index (κ1) is 19.5. The third-order valence-electron chi connectivity index (χ3n) is 5.23. The number of fused-ring (bicyclic) bond motifs is 1. The van der Waals surface area contributed by atoms with Crippen molar-refractivity contribution in [2.45, 2.75) is 19.4 Å². The second kappa shape index (κ2) is 7.91. The third-order valence-corrected chi connectivity index (χ3v) is 5.23. The zero-order valence-corrected chi connectivity index (χ0v) is 16.9. The summed E-state index contributed by atoms with van der Waals surface area (Å²) in [6, 6.07) is 7.59. The first-order valence-corrected chi connectivity index (χ1v) is 9.48. The highest BCUT2D eigenvalue weighted by molar-refractivity contribution is 5.78. The molecule has 1 aromatic carbocycles. The largest absolute Gasteiger partial charge is 0.493 e. The summed E-state index contributed by atoms with van der Waals surface area (Å²) in [4.78, 5) is 16.2. The zero-order valence-electron chi connectivity index (χ0n) is 16.9. The number of nitrogens with zero attached hydrogens (tertiary/aromatic N) is 4. The van der Waals surface area contributed by atoms with Crippen LogP contribution < -0.4 is 19.5 Å². The molecule has 1 N–H and O–H groups in total. The van der Waals surface area contributed by atoms with Crippen molar-refractivity contribution in [3.8, 4) is 34.7 Å². The predicted octanol–water partition coefficient (Wildman–Crippen LogP) is 2.19. The number of ether oxygens (including phenoxy) is 3. The molecular weight excluding hydrogens is 386 g/mol. The maximum absolute atomic E-state index is 11.6. The molecule has 4 rings (SSSR count). The van der Waals surface area contributed by atoms with Crippen molar-refractivity contribution < 1.29 is 19.0 Å². The van der Waals surface area contributed by atoms with Crippen molar-refractivity contribution in [2.75, 3.05) is 20.8 Å². The van der Waals surface area contributed by atoms with Crippen LogP contribution in [0.15, 0.2) is 30.6 Å². The van der Waals surface area contributed by atoms with Gasteiger partial charge in [0.05, 0.1) is 32.3 Å². The van der Waals surface area contributed by atoms with E-state index in [1.165, 1.54) is 6.20 Å². The summed E-state index contributed by atoms with van der Waals surface area (Å²) in [5.41, 5.74) is 2.23. The van der Waals surface area contributed by atoms with E-state index in [0.717, 1.165) is 5.56 Å². The molecule has 9 nitrogen and oxygen atoms in total. The Kier molecular flexibility index (Phi) is 5.14. The van der Waals surface area contributed by atoms with Gasteiger partial charge < -0.3 is 19.5 Å². The van der Waals surface area contributed by atoms with Crippen LogP contribution in [-0.4, -0.2) is 47.4 Å². The molecule has 154 valence electrons. The van der Waals surface area contributed by atoms with Gasteiger partial charge in [-0.2, -0.15) is 10.4 Å². The van der Waals surface area contributed by atoms with Crippen LogP contribution in [0.25, 0.3) is 16.8 Å². The number of hydrogen-bond acceptors (Lipinski definition) is 7. The molecule has 1 unspecified atom stereocenters. The molecule has 0 saturated carbocycles. The van der Waals surface area contributed by atoms with Crippen molar-refractivity contribution >= 4 is 11.4 Å². The highest BCUT2D eigenvalue weighted by atomic mass is 16.5. The van der Waals surface area contributed by atoms with E-state index < -0.39 is 0 Å². The molecule has 9 heteroatoms. The Hall–Kier alpha value is -3.80. The molecule has 0 aliphatic carbocycles. The van der Waals surface area contributed by atoms with Crippen molar-refractivity contribution in [2.24, 2.45) is 5.92 Å². The fourth-order valence-corrected chi connectivity index (χ4v) is 3.51. The summed E-state index contributed by atoms with van der Waals surface area (Å²) in [6.45, 7) is 2.45. The summed E-state index contributed by atoms with van der Waals surface area (Å²) >= 11 is 0. The second-order valence-electron chi connectivity index (χ2n) is 7.06. The number of rotatable bonds is 6. The summed E-state index contributed by atoms with van der Waals surface area (Å²) in [5, 5.41) is 16.6. The SMILES string of the molecule is COc1ccc(-c2cn3ncc(C#N)c3c(O[C@H](C)C3CNC(=O)C3)n2)cc1OC. The monoisotopic (exact) mass is 407 g/mol. The highest BCUT2D eigenvalue weighted by Gasteiger charge is 2.29. The van der Waals surface area contributed by atoms with Crippen molar-refractivity contribution in [3.05, 3.63) is 36.2 Å². The minimum Gasteiger partial charge on any atom is -0.493 e. The number of carbonyl (C=O) groups excluding carboxylic acids is 1. The number of nitrogens with one attached hydrogen (secondary N) is 1. The van der Waals surface area contributed by atoms with E-state index in [4.69, 9.17) is 14.2 Å². The number of nitriles is 1. The molecule has 0 bridgehead atoms. The molecule has 1 fully saturated rings. The van der Waals surface area contributed by atoms with E-state index >= 15 is 0 Å². The van der Waals surface area contributed by atoms with Gasteiger partial charge in [-0.1, -0.05) is 0 Å². The minimum atomic E-state index is -0.276. The first-order chi connectivity index (χ1) is 14.5. The Labute approximate surface area is 173 Å². The van der Waals surface area contributed by atoms with Gasteiger partial charge in [-0.05, 0) is 25.1 Å². The topological polar surface area (TPSA) is 111 Å². The Bertz CT molecular complexity index is 1150. The van der Waals surface area contributed by atoms with Crippen molar-refractivity contribution in [1.29, 1.82) is 5.26 Å². The lowest BCUT2D eigenvalue weighted by Crippen LogP contribution is -2.26.